The molecule has 0 aromatic heterocycles. The number of rotatable bonds is 7. The molecule has 0 radical (unpaired) electrons. The van der Waals surface area contributed by atoms with Crippen molar-refractivity contribution in [2.24, 2.45) is 0 Å². The maximum atomic E-state index is 11.8. The van der Waals surface area contributed by atoms with E-state index in [2.05, 4.69) is 6.58 Å². The summed E-state index contributed by atoms with van der Waals surface area (Å²) >= 11 is 0. The van der Waals surface area contributed by atoms with Gasteiger partial charge in [0.05, 0.1) is 18.5 Å². The Kier molecular flexibility index (Phi) is 6.47. The zero-order valence-electron chi connectivity index (χ0n) is 11.1. The Hall–Kier alpha value is -0.920. The van der Waals surface area contributed by atoms with Crippen LogP contribution in [0.5, 0.6) is 0 Å². The van der Waals surface area contributed by atoms with E-state index in [0.29, 0.717) is 13.0 Å². The monoisotopic (exact) mass is 291 g/mol. The molecule has 1 rings (SSSR count). The van der Waals surface area contributed by atoms with Crippen LogP contribution in [0.3, 0.4) is 0 Å². The van der Waals surface area contributed by atoms with Crippen molar-refractivity contribution in [1.82, 2.24) is 4.72 Å². The highest BCUT2D eigenvalue weighted by Gasteiger charge is 2.25. The summed E-state index contributed by atoms with van der Waals surface area (Å²) in [7, 11) is -3.68. The summed E-state index contributed by atoms with van der Waals surface area (Å²) in [5.74, 6) is -0.856. The molecule has 0 aromatic carbocycles. The van der Waals surface area contributed by atoms with Gasteiger partial charge in [0.1, 0.15) is 6.10 Å². The number of hydrogen-bond donors (Lipinski definition) is 1. The number of hydrogen-bond acceptors (Lipinski definition) is 5. The van der Waals surface area contributed by atoms with Crippen LogP contribution in [-0.4, -0.2) is 45.5 Å². The zero-order chi connectivity index (χ0) is 14.3. The first-order valence-corrected chi connectivity index (χ1v) is 7.98. The van der Waals surface area contributed by atoms with Gasteiger partial charge in [-0.15, -0.1) is 6.58 Å². The van der Waals surface area contributed by atoms with Gasteiger partial charge < -0.3 is 9.47 Å². The van der Waals surface area contributed by atoms with Crippen molar-refractivity contribution in [3.8, 4) is 0 Å². The van der Waals surface area contributed by atoms with Crippen LogP contribution >= 0.6 is 0 Å². The predicted molar refractivity (Wildman–Crippen MR) is 71.1 cm³/mol. The van der Waals surface area contributed by atoms with Crippen LogP contribution < -0.4 is 4.72 Å². The molecular weight excluding hydrogens is 270 g/mol. The molecule has 0 spiro atoms. The average molecular weight is 291 g/mol. The lowest BCUT2D eigenvalue weighted by molar-refractivity contribution is -0.129. The number of sulfonamides is 1. The van der Waals surface area contributed by atoms with E-state index in [4.69, 9.17) is 9.47 Å². The van der Waals surface area contributed by atoms with Gasteiger partial charge in [-0.05, 0) is 26.2 Å². The quantitative estimate of drug-likeness (QED) is 0.694. The van der Waals surface area contributed by atoms with Crippen LogP contribution in [0.4, 0.5) is 0 Å². The Labute approximate surface area is 114 Å². The lowest BCUT2D eigenvalue weighted by atomic mass is 10.1. The van der Waals surface area contributed by atoms with Gasteiger partial charge in [-0.25, -0.2) is 8.42 Å². The Morgan fingerprint density at radius 3 is 2.89 bits per heavy atom. The third-order valence-electron chi connectivity index (χ3n) is 2.77. The minimum atomic E-state index is -3.68. The van der Waals surface area contributed by atoms with Crippen LogP contribution in [0, 0.1) is 0 Å². The number of carbonyl (C=O) groups is 1. The third-order valence-corrected chi connectivity index (χ3v) is 4.09. The van der Waals surface area contributed by atoms with Gasteiger partial charge in [0, 0.05) is 6.61 Å². The summed E-state index contributed by atoms with van der Waals surface area (Å²) in [4.78, 5) is 11.6. The average Bonchev–Trinajstić information content (AvgIpc) is 2.35. The minimum Gasteiger partial charge on any atom is -0.377 e. The Bertz CT molecular complexity index is 400. The topological polar surface area (TPSA) is 81.7 Å². The molecule has 1 N–H and O–H groups in total. The molecule has 0 bridgehead atoms. The van der Waals surface area contributed by atoms with E-state index in [1.165, 1.54) is 13.0 Å². The molecule has 1 aliphatic rings. The normalized spacial score (nSPS) is 21.6. The van der Waals surface area contributed by atoms with Crippen molar-refractivity contribution < 1.29 is 22.7 Å². The molecule has 0 aliphatic carbocycles. The summed E-state index contributed by atoms with van der Waals surface area (Å²) < 4.78 is 36.0. The fourth-order valence-electron chi connectivity index (χ4n) is 1.75. The van der Waals surface area contributed by atoms with Crippen LogP contribution in [0.15, 0.2) is 12.7 Å². The molecule has 1 heterocycles. The smallest absolute Gasteiger partial charge is 0.262 e. The molecule has 6 nitrogen and oxygen atoms in total. The molecule has 1 saturated heterocycles. The van der Waals surface area contributed by atoms with E-state index < -0.39 is 22.0 Å². The highest BCUT2D eigenvalue weighted by Crippen LogP contribution is 2.14. The maximum Gasteiger partial charge on any atom is 0.262 e. The Morgan fingerprint density at radius 1 is 1.58 bits per heavy atom. The molecule has 1 fully saturated rings. The molecule has 2 atom stereocenters. The Morgan fingerprint density at radius 2 is 2.32 bits per heavy atom. The first-order valence-electron chi connectivity index (χ1n) is 6.33. The lowest BCUT2D eigenvalue weighted by Crippen LogP contribution is -2.42. The molecule has 19 heavy (non-hydrogen) atoms. The molecule has 2 unspecified atom stereocenters. The van der Waals surface area contributed by atoms with Crippen molar-refractivity contribution in [1.29, 1.82) is 0 Å². The van der Waals surface area contributed by atoms with Crippen molar-refractivity contribution in [3.05, 3.63) is 12.7 Å². The first-order chi connectivity index (χ1) is 8.94. The number of amides is 1. The molecular formula is C12H21NO5S. The second-order valence-corrected chi connectivity index (χ2v) is 6.27. The number of ether oxygens (including phenoxy) is 2. The van der Waals surface area contributed by atoms with Crippen LogP contribution in [0.2, 0.25) is 0 Å². The molecule has 110 valence electrons. The second kappa shape index (κ2) is 7.62. The SMILES string of the molecule is C=CCOC(C)C(=O)NS(=O)(=O)CC1CCCCO1. The predicted octanol–water partition coefficient (Wildman–Crippen LogP) is 0.593. The summed E-state index contributed by atoms with van der Waals surface area (Å²) in [5, 5.41) is 0. The van der Waals surface area contributed by atoms with Crippen molar-refractivity contribution >= 4 is 15.9 Å². The summed E-state index contributed by atoms with van der Waals surface area (Å²) in [6.07, 6.45) is 2.94. The fraction of sp³-hybridized carbons (Fsp3) is 0.750. The molecule has 7 heteroatoms. The van der Waals surface area contributed by atoms with Gasteiger partial charge in [0.2, 0.25) is 10.0 Å². The van der Waals surface area contributed by atoms with E-state index >= 15 is 0 Å². The Balaban J connectivity index is 2.44. The standard InChI is InChI=1S/C12H21NO5S/c1-3-7-17-10(2)12(14)13-19(15,16)9-11-6-4-5-8-18-11/h3,10-11H,1,4-9H2,2H3,(H,13,14). The van der Waals surface area contributed by atoms with E-state index in [1.54, 1.807) is 0 Å². The second-order valence-electron chi connectivity index (χ2n) is 4.50. The van der Waals surface area contributed by atoms with E-state index in [0.717, 1.165) is 12.8 Å². The summed E-state index contributed by atoms with van der Waals surface area (Å²) in [6, 6.07) is 0. The van der Waals surface area contributed by atoms with Crippen LogP contribution in [-0.2, 0) is 24.3 Å². The first kappa shape index (κ1) is 16.1. The van der Waals surface area contributed by atoms with Gasteiger partial charge in [-0.3, -0.25) is 9.52 Å². The van der Waals surface area contributed by atoms with Crippen molar-refractivity contribution in [2.75, 3.05) is 19.0 Å². The number of carbonyl (C=O) groups excluding carboxylic acids is 1. The van der Waals surface area contributed by atoms with E-state index in [1.807, 2.05) is 4.72 Å². The van der Waals surface area contributed by atoms with Gasteiger partial charge in [0.15, 0.2) is 0 Å². The van der Waals surface area contributed by atoms with Crippen molar-refractivity contribution in [2.45, 2.75) is 38.4 Å². The molecule has 1 amide bonds. The van der Waals surface area contributed by atoms with E-state index in [9.17, 15) is 13.2 Å². The summed E-state index contributed by atoms with van der Waals surface area (Å²) in [6.45, 7) is 5.72. The van der Waals surface area contributed by atoms with Gasteiger partial charge >= 0.3 is 0 Å². The third kappa shape index (κ3) is 6.17. The molecule has 1 aliphatic heterocycles. The van der Waals surface area contributed by atoms with Gasteiger partial charge in [-0.2, -0.15) is 0 Å². The minimum absolute atomic E-state index is 0.188. The maximum absolute atomic E-state index is 11.8. The number of nitrogens with one attached hydrogen (secondary N) is 1. The van der Waals surface area contributed by atoms with Gasteiger partial charge in [0.25, 0.3) is 5.91 Å². The van der Waals surface area contributed by atoms with Crippen LogP contribution in [0.1, 0.15) is 26.2 Å². The fourth-order valence-corrected chi connectivity index (χ4v) is 3.06. The van der Waals surface area contributed by atoms with E-state index in [-0.39, 0.29) is 18.5 Å². The largest absolute Gasteiger partial charge is 0.377 e. The van der Waals surface area contributed by atoms with Gasteiger partial charge in [-0.1, -0.05) is 6.08 Å². The zero-order valence-corrected chi connectivity index (χ0v) is 11.9. The lowest BCUT2D eigenvalue weighted by Gasteiger charge is -2.22. The summed E-state index contributed by atoms with van der Waals surface area (Å²) in [5.41, 5.74) is 0. The van der Waals surface area contributed by atoms with Crippen molar-refractivity contribution in [3.63, 3.8) is 0 Å². The van der Waals surface area contributed by atoms with Crippen LogP contribution in [0.25, 0.3) is 0 Å². The highest BCUT2D eigenvalue weighted by atomic mass is 32.2. The highest BCUT2D eigenvalue weighted by molar-refractivity contribution is 7.90. The molecule has 0 saturated carbocycles. The molecule has 0 aromatic rings.